The Morgan fingerprint density at radius 3 is 2.21 bits per heavy atom. The maximum absolute atomic E-state index is 12.7. The first kappa shape index (κ1) is 15.5. The summed E-state index contributed by atoms with van der Waals surface area (Å²) in [6, 6.07) is 1.49. The van der Waals surface area contributed by atoms with Crippen molar-refractivity contribution in [2.75, 3.05) is 23.7 Å². The van der Waals surface area contributed by atoms with Gasteiger partial charge in [0.05, 0.1) is 0 Å². The van der Waals surface area contributed by atoms with Gasteiger partial charge in [-0.3, -0.25) is 0 Å². The average molecular weight is 276 g/mol. The van der Waals surface area contributed by atoms with Crippen molar-refractivity contribution in [3.05, 3.63) is 11.9 Å². The van der Waals surface area contributed by atoms with E-state index in [1.54, 1.807) is 6.92 Å². The van der Waals surface area contributed by atoms with Crippen LogP contribution < -0.4 is 10.6 Å². The Hall–Kier alpha value is -1.53. The lowest BCUT2D eigenvalue weighted by molar-refractivity contribution is -0.144. The minimum absolute atomic E-state index is 0.177. The Morgan fingerprint density at radius 2 is 1.74 bits per heavy atom. The quantitative estimate of drug-likeness (QED) is 0.836. The van der Waals surface area contributed by atoms with Gasteiger partial charge in [-0.15, -0.1) is 0 Å². The second-order valence-corrected chi connectivity index (χ2v) is 4.38. The van der Waals surface area contributed by atoms with Crippen molar-refractivity contribution < 1.29 is 13.2 Å². The fourth-order valence-corrected chi connectivity index (χ4v) is 1.36. The van der Waals surface area contributed by atoms with Gasteiger partial charge in [-0.05, 0) is 12.8 Å². The first-order valence-electron chi connectivity index (χ1n) is 6.30. The number of rotatable bonds is 6. The van der Waals surface area contributed by atoms with E-state index >= 15 is 0 Å². The van der Waals surface area contributed by atoms with Crippen LogP contribution in [-0.2, 0) is 6.18 Å². The molecule has 0 amide bonds. The van der Waals surface area contributed by atoms with Gasteiger partial charge in [0.2, 0.25) is 5.82 Å². The number of hydrogen-bond donors (Lipinski definition) is 2. The molecule has 0 aromatic carbocycles. The standard InChI is InChI=1S/C12H19F3N4/c1-4-8(3)7-17-10-6-9(16-5-2)18-11(19-10)12(13,14)15/h6,8H,4-5,7H2,1-3H3,(H2,16,17,18,19). The summed E-state index contributed by atoms with van der Waals surface area (Å²) in [6.07, 6.45) is -3.59. The molecule has 2 N–H and O–H groups in total. The van der Waals surface area contributed by atoms with Crippen molar-refractivity contribution in [2.45, 2.75) is 33.4 Å². The fourth-order valence-electron chi connectivity index (χ4n) is 1.36. The van der Waals surface area contributed by atoms with Crippen LogP contribution in [0.2, 0.25) is 0 Å². The summed E-state index contributed by atoms with van der Waals surface area (Å²) in [6.45, 7) is 6.92. The van der Waals surface area contributed by atoms with Gasteiger partial charge >= 0.3 is 6.18 Å². The van der Waals surface area contributed by atoms with Gasteiger partial charge in [0.25, 0.3) is 0 Å². The Kier molecular flexibility index (Phi) is 5.38. The normalized spacial score (nSPS) is 13.2. The van der Waals surface area contributed by atoms with E-state index in [1.165, 1.54) is 6.07 Å². The van der Waals surface area contributed by atoms with Gasteiger partial charge in [0.1, 0.15) is 11.6 Å². The maximum atomic E-state index is 12.7. The van der Waals surface area contributed by atoms with Crippen molar-refractivity contribution in [1.82, 2.24) is 9.97 Å². The minimum atomic E-state index is -4.54. The number of halogens is 3. The summed E-state index contributed by atoms with van der Waals surface area (Å²) in [5, 5.41) is 5.69. The van der Waals surface area contributed by atoms with E-state index in [-0.39, 0.29) is 11.6 Å². The first-order valence-corrected chi connectivity index (χ1v) is 6.30. The van der Waals surface area contributed by atoms with Crippen molar-refractivity contribution in [3.63, 3.8) is 0 Å². The zero-order chi connectivity index (χ0) is 14.5. The lowest BCUT2D eigenvalue weighted by Crippen LogP contribution is -2.17. The molecule has 19 heavy (non-hydrogen) atoms. The Bertz CT molecular complexity index is 406. The third kappa shape index (κ3) is 4.92. The summed E-state index contributed by atoms with van der Waals surface area (Å²) >= 11 is 0. The van der Waals surface area contributed by atoms with Gasteiger partial charge in [0, 0.05) is 19.2 Å². The molecule has 0 aliphatic rings. The molecule has 7 heteroatoms. The fraction of sp³-hybridized carbons (Fsp3) is 0.667. The number of nitrogens with one attached hydrogen (secondary N) is 2. The van der Waals surface area contributed by atoms with Gasteiger partial charge < -0.3 is 10.6 Å². The SMILES string of the molecule is CCNc1cc(NCC(C)CC)nc(C(F)(F)F)n1. The van der Waals surface area contributed by atoms with Crippen molar-refractivity contribution in [1.29, 1.82) is 0 Å². The highest BCUT2D eigenvalue weighted by atomic mass is 19.4. The van der Waals surface area contributed by atoms with Gasteiger partial charge in [-0.1, -0.05) is 20.3 Å². The van der Waals surface area contributed by atoms with Crippen molar-refractivity contribution in [2.24, 2.45) is 5.92 Å². The van der Waals surface area contributed by atoms with Crippen LogP contribution in [0, 0.1) is 5.92 Å². The van der Waals surface area contributed by atoms with E-state index in [1.807, 2.05) is 13.8 Å². The van der Waals surface area contributed by atoms with Crippen LogP contribution in [0.15, 0.2) is 6.07 Å². The number of nitrogens with zero attached hydrogens (tertiary/aromatic N) is 2. The van der Waals surface area contributed by atoms with Crippen LogP contribution in [0.25, 0.3) is 0 Å². The Morgan fingerprint density at radius 1 is 1.16 bits per heavy atom. The van der Waals surface area contributed by atoms with Crippen LogP contribution in [0.1, 0.15) is 33.0 Å². The summed E-state index contributed by atoms with van der Waals surface area (Å²) in [4.78, 5) is 6.96. The molecular weight excluding hydrogens is 257 g/mol. The molecule has 0 bridgehead atoms. The molecule has 0 aliphatic heterocycles. The summed E-state index contributed by atoms with van der Waals surface area (Å²) in [5.74, 6) is -0.389. The number of aromatic nitrogens is 2. The van der Waals surface area contributed by atoms with Gasteiger partial charge in [0.15, 0.2) is 0 Å². The van der Waals surface area contributed by atoms with E-state index in [9.17, 15) is 13.2 Å². The molecule has 0 saturated carbocycles. The third-order valence-corrected chi connectivity index (χ3v) is 2.67. The molecule has 0 fully saturated rings. The zero-order valence-electron chi connectivity index (χ0n) is 11.3. The molecule has 1 atom stereocenters. The van der Waals surface area contributed by atoms with E-state index in [2.05, 4.69) is 20.6 Å². The van der Waals surface area contributed by atoms with Gasteiger partial charge in [-0.25, -0.2) is 9.97 Å². The van der Waals surface area contributed by atoms with E-state index < -0.39 is 12.0 Å². The first-order chi connectivity index (χ1) is 8.86. The molecule has 108 valence electrons. The molecule has 4 nitrogen and oxygen atoms in total. The van der Waals surface area contributed by atoms with Crippen LogP contribution in [0.5, 0.6) is 0 Å². The predicted octanol–water partition coefficient (Wildman–Crippen LogP) is 3.39. The highest BCUT2D eigenvalue weighted by molar-refractivity contribution is 5.47. The summed E-state index contributed by atoms with van der Waals surface area (Å²) in [5.41, 5.74) is 0. The highest BCUT2D eigenvalue weighted by Gasteiger charge is 2.35. The third-order valence-electron chi connectivity index (χ3n) is 2.67. The molecule has 1 rings (SSSR count). The van der Waals surface area contributed by atoms with Crippen LogP contribution in [-0.4, -0.2) is 23.1 Å². The van der Waals surface area contributed by atoms with E-state index in [0.717, 1.165) is 6.42 Å². The molecular formula is C12H19F3N4. The minimum Gasteiger partial charge on any atom is -0.370 e. The lowest BCUT2D eigenvalue weighted by atomic mass is 10.1. The zero-order valence-corrected chi connectivity index (χ0v) is 11.3. The molecule has 0 saturated heterocycles. The maximum Gasteiger partial charge on any atom is 0.451 e. The monoisotopic (exact) mass is 276 g/mol. The Labute approximate surface area is 110 Å². The number of anilines is 2. The summed E-state index contributed by atoms with van der Waals surface area (Å²) in [7, 11) is 0. The Balaban J connectivity index is 2.93. The molecule has 1 aromatic rings. The molecule has 0 radical (unpaired) electrons. The van der Waals surface area contributed by atoms with E-state index in [4.69, 9.17) is 0 Å². The molecule has 1 unspecified atom stereocenters. The average Bonchev–Trinajstić information content (AvgIpc) is 2.35. The topological polar surface area (TPSA) is 49.8 Å². The highest BCUT2D eigenvalue weighted by Crippen LogP contribution is 2.28. The second kappa shape index (κ2) is 6.58. The summed E-state index contributed by atoms with van der Waals surface area (Å²) < 4.78 is 38.0. The van der Waals surface area contributed by atoms with Crippen molar-refractivity contribution >= 4 is 11.6 Å². The molecule has 1 aromatic heterocycles. The van der Waals surface area contributed by atoms with E-state index in [0.29, 0.717) is 19.0 Å². The number of hydrogen-bond acceptors (Lipinski definition) is 4. The lowest BCUT2D eigenvalue weighted by Gasteiger charge is -2.14. The van der Waals surface area contributed by atoms with Gasteiger partial charge in [-0.2, -0.15) is 13.2 Å². The van der Waals surface area contributed by atoms with Crippen LogP contribution in [0.4, 0.5) is 24.8 Å². The van der Waals surface area contributed by atoms with Crippen molar-refractivity contribution in [3.8, 4) is 0 Å². The smallest absolute Gasteiger partial charge is 0.370 e. The molecule has 0 aliphatic carbocycles. The van der Waals surface area contributed by atoms with Crippen LogP contribution in [0.3, 0.4) is 0 Å². The molecule has 0 spiro atoms. The second-order valence-electron chi connectivity index (χ2n) is 4.38. The largest absolute Gasteiger partial charge is 0.451 e. The number of alkyl halides is 3. The predicted molar refractivity (Wildman–Crippen MR) is 69.1 cm³/mol. The molecule has 1 heterocycles. The van der Waals surface area contributed by atoms with Crippen LogP contribution >= 0.6 is 0 Å².